The van der Waals surface area contributed by atoms with Crippen LogP contribution in [0.5, 0.6) is 5.75 Å². The molecule has 210 valence electrons. The first-order chi connectivity index (χ1) is 19.0. The topological polar surface area (TPSA) is 158 Å². The van der Waals surface area contributed by atoms with E-state index in [1.165, 1.54) is 0 Å². The van der Waals surface area contributed by atoms with Crippen LogP contribution in [0, 0.1) is 0 Å². The number of aromatic nitrogens is 3. The van der Waals surface area contributed by atoms with Gasteiger partial charge < -0.3 is 41.2 Å². The van der Waals surface area contributed by atoms with E-state index in [0.717, 1.165) is 17.0 Å². The zero-order chi connectivity index (χ0) is 27.9. The smallest absolute Gasteiger partial charge is 0.251 e. The van der Waals surface area contributed by atoms with Gasteiger partial charge in [-0.2, -0.15) is 15.0 Å². The third-order valence-electron chi connectivity index (χ3n) is 5.21. The molecule has 1 aromatic heterocycles. The second-order valence-corrected chi connectivity index (χ2v) is 8.78. The standard InChI is InChI=1S/C27H38N8O4/c1-19(2)31-26-33-25(30-18-20-5-4-6-23(17-20)37-3)34-27(35-26)32-22-9-7-21(8-10-22)24(36)29-12-14-39-16-15-38-13-11-28/h4-10,17,19H,11-16,18,28H2,1-3H3,(H,29,36)(H3,30,31,32,33,34,35). The number of nitrogens with one attached hydrogen (secondary N) is 4. The Labute approximate surface area is 229 Å². The van der Waals surface area contributed by atoms with Gasteiger partial charge in [0.05, 0.1) is 33.5 Å². The lowest BCUT2D eigenvalue weighted by molar-refractivity contribution is 0.0511. The molecule has 3 aromatic rings. The van der Waals surface area contributed by atoms with Gasteiger partial charge in [-0.3, -0.25) is 4.79 Å². The molecule has 0 radical (unpaired) electrons. The fourth-order valence-corrected chi connectivity index (χ4v) is 3.38. The van der Waals surface area contributed by atoms with Crippen molar-refractivity contribution >= 4 is 29.4 Å². The largest absolute Gasteiger partial charge is 0.497 e. The number of amides is 1. The van der Waals surface area contributed by atoms with E-state index >= 15 is 0 Å². The quantitative estimate of drug-likeness (QED) is 0.161. The highest BCUT2D eigenvalue weighted by Gasteiger charge is 2.10. The van der Waals surface area contributed by atoms with Crippen molar-refractivity contribution in [3.8, 4) is 5.75 Å². The van der Waals surface area contributed by atoms with E-state index in [4.69, 9.17) is 19.9 Å². The Balaban J connectivity index is 1.56. The van der Waals surface area contributed by atoms with E-state index in [0.29, 0.717) is 69.5 Å². The first-order valence-corrected chi connectivity index (χ1v) is 12.9. The molecule has 0 saturated heterocycles. The molecule has 0 aliphatic carbocycles. The van der Waals surface area contributed by atoms with Crippen molar-refractivity contribution < 1.29 is 19.0 Å². The van der Waals surface area contributed by atoms with Gasteiger partial charge in [0.25, 0.3) is 5.91 Å². The highest BCUT2D eigenvalue weighted by molar-refractivity contribution is 5.94. The lowest BCUT2D eigenvalue weighted by Crippen LogP contribution is -2.27. The minimum atomic E-state index is -0.183. The number of ether oxygens (including phenoxy) is 3. The maximum absolute atomic E-state index is 12.4. The van der Waals surface area contributed by atoms with Gasteiger partial charge in [0.15, 0.2) is 0 Å². The molecule has 12 heteroatoms. The molecule has 0 unspecified atom stereocenters. The van der Waals surface area contributed by atoms with Crippen LogP contribution in [0.4, 0.5) is 23.5 Å². The predicted octanol–water partition coefficient (Wildman–Crippen LogP) is 2.78. The van der Waals surface area contributed by atoms with Gasteiger partial charge in [0, 0.05) is 36.9 Å². The van der Waals surface area contributed by atoms with Crippen LogP contribution < -0.4 is 31.7 Å². The fourth-order valence-electron chi connectivity index (χ4n) is 3.38. The molecular formula is C27H38N8O4. The van der Waals surface area contributed by atoms with E-state index in [9.17, 15) is 4.79 Å². The minimum Gasteiger partial charge on any atom is -0.497 e. The molecule has 6 N–H and O–H groups in total. The molecule has 1 heterocycles. The maximum atomic E-state index is 12.4. The number of benzene rings is 2. The summed E-state index contributed by atoms with van der Waals surface area (Å²) in [6.45, 7) is 7.27. The highest BCUT2D eigenvalue weighted by atomic mass is 16.5. The van der Waals surface area contributed by atoms with Crippen LogP contribution >= 0.6 is 0 Å². The van der Waals surface area contributed by atoms with Crippen LogP contribution in [0.1, 0.15) is 29.8 Å². The molecule has 0 bridgehead atoms. The fraction of sp³-hybridized carbons (Fsp3) is 0.407. The molecule has 3 rings (SSSR count). The highest BCUT2D eigenvalue weighted by Crippen LogP contribution is 2.18. The first-order valence-electron chi connectivity index (χ1n) is 12.9. The Morgan fingerprint density at radius 1 is 0.923 bits per heavy atom. The summed E-state index contributed by atoms with van der Waals surface area (Å²) in [7, 11) is 1.64. The lowest BCUT2D eigenvalue weighted by atomic mass is 10.2. The summed E-state index contributed by atoms with van der Waals surface area (Å²) in [6.07, 6.45) is 0. The second-order valence-electron chi connectivity index (χ2n) is 8.78. The average molecular weight is 539 g/mol. The van der Waals surface area contributed by atoms with E-state index < -0.39 is 0 Å². The Morgan fingerprint density at radius 2 is 1.64 bits per heavy atom. The third-order valence-corrected chi connectivity index (χ3v) is 5.21. The molecule has 2 aromatic carbocycles. The van der Waals surface area contributed by atoms with E-state index in [1.807, 2.05) is 38.1 Å². The summed E-state index contributed by atoms with van der Waals surface area (Å²) in [5.41, 5.74) is 7.65. The predicted molar refractivity (Wildman–Crippen MR) is 152 cm³/mol. The number of carbonyl (C=O) groups excluding carboxylic acids is 1. The van der Waals surface area contributed by atoms with Crippen molar-refractivity contribution in [2.45, 2.75) is 26.4 Å². The Hall–Kier alpha value is -4.00. The van der Waals surface area contributed by atoms with Crippen LogP contribution in [0.25, 0.3) is 0 Å². The van der Waals surface area contributed by atoms with Crippen LogP contribution in [-0.4, -0.2) is 73.5 Å². The molecule has 0 spiro atoms. The number of methoxy groups -OCH3 is 1. The number of rotatable bonds is 17. The summed E-state index contributed by atoms with van der Waals surface area (Å²) in [6, 6.07) is 15.0. The first kappa shape index (κ1) is 29.6. The normalized spacial score (nSPS) is 10.8. The van der Waals surface area contributed by atoms with E-state index in [-0.39, 0.29) is 11.9 Å². The SMILES string of the molecule is COc1cccc(CNc2nc(Nc3ccc(C(=O)NCCOCCOCCN)cc3)nc(NC(C)C)n2)c1. The number of anilines is 4. The summed E-state index contributed by atoms with van der Waals surface area (Å²) in [5.74, 6) is 1.83. The zero-order valence-electron chi connectivity index (χ0n) is 22.7. The minimum absolute atomic E-state index is 0.138. The van der Waals surface area contributed by atoms with E-state index in [2.05, 4.69) is 36.2 Å². The van der Waals surface area contributed by atoms with Crippen LogP contribution in [-0.2, 0) is 16.0 Å². The lowest BCUT2D eigenvalue weighted by Gasteiger charge is -2.13. The summed E-state index contributed by atoms with van der Waals surface area (Å²) in [5, 5.41) is 12.5. The van der Waals surface area contributed by atoms with Crippen molar-refractivity contribution in [2.75, 3.05) is 62.6 Å². The van der Waals surface area contributed by atoms with Crippen molar-refractivity contribution in [2.24, 2.45) is 5.73 Å². The molecule has 0 atom stereocenters. The molecule has 0 aliphatic rings. The second kappa shape index (κ2) is 16.1. The van der Waals surface area contributed by atoms with E-state index in [1.54, 1.807) is 31.4 Å². The molecule has 0 fully saturated rings. The molecule has 0 aliphatic heterocycles. The average Bonchev–Trinajstić information content (AvgIpc) is 2.93. The molecule has 12 nitrogen and oxygen atoms in total. The van der Waals surface area contributed by atoms with Gasteiger partial charge in [-0.05, 0) is 55.8 Å². The number of hydrogen-bond donors (Lipinski definition) is 5. The molecule has 0 saturated carbocycles. The number of hydrogen-bond acceptors (Lipinski definition) is 11. The van der Waals surface area contributed by atoms with Crippen LogP contribution in [0.3, 0.4) is 0 Å². The van der Waals surface area contributed by atoms with Gasteiger partial charge in [0.2, 0.25) is 17.8 Å². The number of nitrogens with zero attached hydrogens (tertiary/aromatic N) is 3. The summed E-state index contributed by atoms with van der Waals surface area (Å²) < 4.78 is 16.0. The van der Waals surface area contributed by atoms with Crippen LogP contribution in [0.15, 0.2) is 48.5 Å². The molecular weight excluding hydrogens is 500 g/mol. The molecule has 1 amide bonds. The van der Waals surface area contributed by atoms with Crippen molar-refractivity contribution in [3.63, 3.8) is 0 Å². The number of nitrogens with two attached hydrogens (primary N) is 1. The van der Waals surface area contributed by atoms with Gasteiger partial charge >= 0.3 is 0 Å². The monoisotopic (exact) mass is 538 g/mol. The Kier molecular flexibility index (Phi) is 12.2. The summed E-state index contributed by atoms with van der Waals surface area (Å²) >= 11 is 0. The third kappa shape index (κ3) is 10.7. The Morgan fingerprint density at radius 3 is 2.36 bits per heavy atom. The van der Waals surface area contributed by atoms with Gasteiger partial charge in [-0.25, -0.2) is 0 Å². The van der Waals surface area contributed by atoms with Gasteiger partial charge in [-0.15, -0.1) is 0 Å². The maximum Gasteiger partial charge on any atom is 0.251 e. The zero-order valence-corrected chi connectivity index (χ0v) is 22.7. The van der Waals surface area contributed by atoms with Crippen molar-refractivity contribution in [1.82, 2.24) is 20.3 Å². The molecule has 39 heavy (non-hydrogen) atoms. The van der Waals surface area contributed by atoms with Crippen molar-refractivity contribution in [1.29, 1.82) is 0 Å². The van der Waals surface area contributed by atoms with Crippen LogP contribution in [0.2, 0.25) is 0 Å². The summed E-state index contributed by atoms with van der Waals surface area (Å²) in [4.78, 5) is 25.9. The Bertz CT molecular complexity index is 1160. The number of carbonyl (C=O) groups is 1. The van der Waals surface area contributed by atoms with Crippen molar-refractivity contribution in [3.05, 3.63) is 59.7 Å². The van der Waals surface area contributed by atoms with Gasteiger partial charge in [0.1, 0.15) is 5.75 Å². The van der Waals surface area contributed by atoms with Gasteiger partial charge in [-0.1, -0.05) is 12.1 Å².